The summed E-state index contributed by atoms with van der Waals surface area (Å²) in [5.41, 5.74) is 8.29. The first kappa shape index (κ1) is 13.3. The molecule has 1 aliphatic rings. The highest BCUT2D eigenvalue weighted by Gasteiger charge is 2.17. The monoisotopic (exact) mass is 254 g/mol. The number of β-amino-alcohol motifs (C(OH)–C–C–N with tert-alkyl or cyclic N) is 1. The number of nitrogens with two attached hydrogens (primary N) is 1. The van der Waals surface area contributed by atoms with Gasteiger partial charge in [-0.25, -0.2) is 0 Å². The Labute approximate surface area is 107 Å². The smallest absolute Gasteiger partial charge is 0.0886 e. The van der Waals surface area contributed by atoms with Crippen molar-refractivity contribution in [3.63, 3.8) is 0 Å². The van der Waals surface area contributed by atoms with Crippen LogP contribution in [0.2, 0.25) is 0 Å². The summed E-state index contributed by atoms with van der Waals surface area (Å²) in [4.78, 5) is 5.46. The van der Waals surface area contributed by atoms with Crippen molar-refractivity contribution in [3.05, 3.63) is 11.4 Å². The van der Waals surface area contributed by atoms with Gasteiger partial charge in [-0.05, 0) is 26.7 Å². The van der Waals surface area contributed by atoms with Crippen LogP contribution in [-0.2, 0) is 11.4 Å². The lowest BCUT2D eigenvalue weighted by molar-refractivity contribution is -0.193. The Hall–Kier alpha value is -1.11. The second-order valence-corrected chi connectivity index (χ2v) is 4.85. The number of hydrogen-bond acceptors (Lipinski definition) is 5. The molecule has 6 nitrogen and oxygen atoms in total. The van der Waals surface area contributed by atoms with Crippen LogP contribution in [0.3, 0.4) is 0 Å². The summed E-state index contributed by atoms with van der Waals surface area (Å²) >= 11 is 0. The Balaban J connectivity index is 1.89. The Morgan fingerprint density at radius 2 is 2.17 bits per heavy atom. The summed E-state index contributed by atoms with van der Waals surface area (Å²) in [6, 6.07) is 0. The minimum absolute atomic E-state index is 0.448. The highest BCUT2D eigenvalue weighted by atomic mass is 16.7. The highest BCUT2D eigenvalue weighted by Crippen LogP contribution is 2.15. The fraction of sp³-hybridized carbons (Fsp3) is 0.750. The van der Waals surface area contributed by atoms with Crippen LogP contribution >= 0.6 is 0 Å². The summed E-state index contributed by atoms with van der Waals surface area (Å²) in [6.45, 7) is 6.39. The highest BCUT2D eigenvalue weighted by molar-refractivity contribution is 5.46. The number of hydrogen-bond donors (Lipinski definition) is 2. The molecule has 1 aromatic heterocycles. The first-order chi connectivity index (χ1) is 8.58. The van der Waals surface area contributed by atoms with Crippen molar-refractivity contribution in [1.82, 2.24) is 14.8 Å². The number of nitrogens with zero attached hydrogens (tertiary/aromatic N) is 3. The lowest BCUT2D eigenvalue weighted by Crippen LogP contribution is -2.38. The third-order valence-corrected chi connectivity index (χ3v) is 3.31. The number of rotatable bonds is 4. The van der Waals surface area contributed by atoms with Gasteiger partial charge in [-0.2, -0.15) is 10.2 Å². The zero-order valence-electron chi connectivity index (χ0n) is 11.1. The number of aliphatic hydroxyl groups is 1. The van der Waals surface area contributed by atoms with Crippen molar-refractivity contribution in [1.29, 1.82) is 0 Å². The van der Waals surface area contributed by atoms with E-state index in [0.29, 0.717) is 18.8 Å². The molecule has 0 amide bonds. The second kappa shape index (κ2) is 5.69. The Morgan fingerprint density at radius 3 is 2.72 bits per heavy atom. The number of aliphatic hydroxyl groups excluding tert-OH is 1. The molecule has 1 unspecified atom stereocenters. The molecule has 1 saturated heterocycles. The zero-order valence-corrected chi connectivity index (χ0v) is 11.1. The predicted molar refractivity (Wildman–Crippen MR) is 68.9 cm³/mol. The van der Waals surface area contributed by atoms with Gasteiger partial charge in [0.15, 0.2) is 0 Å². The maximum absolute atomic E-state index is 10.1. The maximum Gasteiger partial charge on any atom is 0.0886 e. The molecule has 2 heterocycles. The van der Waals surface area contributed by atoms with Gasteiger partial charge in [0.1, 0.15) is 0 Å². The fourth-order valence-electron chi connectivity index (χ4n) is 2.17. The van der Waals surface area contributed by atoms with Gasteiger partial charge in [-0.15, -0.1) is 0 Å². The summed E-state index contributed by atoms with van der Waals surface area (Å²) in [5, 5.41) is 16.2. The van der Waals surface area contributed by atoms with Crippen LogP contribution in [0.5, 0.6) is 0 Å². The minimum atomic E-state index is -0.500. The van der Waals surface area contributed by atoms with Crippen LogP contribution in [0, 0.1) is 13.8 Å². The summed E-state index contributed by atoms with van der Waals surface area (Å²) in [5.74, 6) is 0. The van der Waals surface area contributed by atoms with Crippen molar-refractivity contribution in [2.24, 2.45) is 0 Å². The van der Waals surface area contributed by atoms with Gasteiger partial charge in [0.05, 0.1) is 42.9 Å². The molecular weight excluding hydrogens is 232 g/mol. The van der Waals surface area contributed by atoms with Crippen molar-refractivity contribution < 1.29 is 9.94 Å². The Kier molecular flexibility index (Phi) is 4.21. The minimum Gasteiger partial charge on any atom is -0.396 e. The topological polar surface area (TPSA) is 76.5 Å². The standard InChI is InChI=1S/C12H22N4O2/c1-9-12(13)10(2)16(14-9)8-11(17)7-15-5-3-4-6-18-15/h11,17H,3-8,13H2,1-2H3. The molecule has 0 bridgehead atoms. The Bertz CT molecular complexity index is 399. The van der Waals surface area contributed by atoms with Gasteiger partial charge < -0.3 is 10.8 Å². The first-order valence-electron chi connectivity index (χ1n) is 6.43. The lowest BCUT2D eigenvalue weighted by Gasteiger charge is -2.27. The van der Waals surface area contributed by atoms with Crippen LogP contribution in [0.1, 0.15) is 24.2 Å². The van der Waals surface area contributed by atoms with Crippen LogP contribution in [0.15, 0.2) is 0 Å². The molecule has 0 aliphatic carbocycles. The molecule has 2 rings (SSSR count). The molecule has 1 atom stereocenters. The summed E-state index contributed by atoms with van der Waals surface area (Å²) in [6.07, 6.45) is 1.72. The van der Waals surface area contributed by atoms with E-state index in [0.717, 1.165) is 37.4 Å². The van der Waals surface area contributed by atoms with E-state index in [1.54, 1.807) is 4.68 Å². The molecular formula is C12H22N4O2. The average molecular weight is 254 g/mol. The maximum atomic E-state index is 10.1. The van der Waals surface area contributed by atoms with Gasteiger partial charge >= 0.3 is 0 Å². The fourth-order valence-corrected chi connectivity index (χ4v) is 2.17. The number of anilines is 1. The third kappa shape index (κ3) is 3.01. The molecule has 6 heteroatoms. The SMILES string of the molecule is Cc1nn(CC(O)CN2CCCCO2)c(C)c1N. The molecule has 0 aromatic carbocycles. The second-order valence-electron chi connectivity index (χ2n) is 4.85. The zero-order chi connectivity index (χ0) is 13.1. The van der Waals surface area contributed by atoms with Gasteiger partial charge in [0.25, 0.3) is 0 Å². The largest absolute Gasteiger partial charge is 0.396 e. The lowest BCUT2D eigenvalue weighted by atomic mass is 10.2. The van der Waals surface area contributed by atoms with Gasteiger partial charge in [0, 0.05) is 6.54 Å². The molecule has 3 N–H and O–H groups in total. The first-order valence-corrected chi connectivity index (χ1v) is 6.43. The average Bonchev–Trinajstić information content (AvgIpc) is 2.58. The van der Waals surface area contributed by atoms with E-state index in [2.05, 4.69) is 5.10 Å². The van der Waals surface area contributed by atoms with Crippen molar-refractivity contribution in [2.75, 3.05) is 25.4 Å². The molecule has 18 heavy (non-hydrogen) atoms. The molecule has 0 spiro atoms. The molecule has 0 saturated carbocycles. The van der Waals surface area contributed by atoms with E-state index in [4.69, 9.17) is 10.6 Å². The van der Waals surface area contributed by atoms with E-state index in [1.165, 1.54) is 0 Å². The summed E-state index contributed by atoms with van der Waals surface area (Å²) in [7, 11) is 0. The van der Waals surface area contributed by atoms with E-state index >= 15 is 0 Å². The van der Waals surface area contributed by atoms with Gasteiger partial charge in [-0.3, -0.25) is 9.52 Å². The van der Waals surface area contributed by atoms with E-state index in [-0.39, 0.29) is 0 Å². The van der Waals surface area contributed by atoms with E-state index in [1.807, 2.05) is 18.9 Å². The number of hydroxylamine groups is 2. The van der Waals surface area contributed by atoms with Crippen molar-refractivity contribution in [3.8, 4) is 0 Å². The van der Waals surface area contributed by atoms with Gasteiger partial charge in [0.2, 0.25) is 0 Å². The predicted octanol–water partition coefficient (Wildman–Crippen LogP) is 0.470. The normalized spacial score (nSPS) is 19.1. The van der Waals surface area contributed by atoms with Crippen molar-refractivity contribution in [2.45, 2.75) is 39.3 Å². The molecule has 0 radical (unpaired) electrons. The van der Waals surface area contributed by atoms with E-state index in [9.17, 15) is 5.11 Å². The van der Waals surface area contributed by atoms with Gasteiger partial charge in [-0.1, -0.05) is 0 Å². The van der Waals surface area contributed by atoms with Crippen LogP contribution in [0.25, 0.3) is 0 Å². The molecule has 102 valence electrons. The number of nitrogen functional groups attached to an aromatic ring is 1. The van der Waals surface area contributed by atoms with Crippen molar-refractivity contribution >= 4 is 5.69 Å². The third-order valence-electron chi connectivity index (χ3n) is 3.31. The van der Waals surface area contributed by atoms with Crippen LogP contribution in [-0.4, -0.2) is 45.8 Å². The number of aromatic nitrogens is 2. The molecule has 1 aliphatic heterocycles. The molecule has 1 fully saturated rings. The van der Waals surface area contributed by atoms with E-state index < -0.39 is 6.10 Å². The number of aryl methyl sites for hydroxylation is 1. The Morgan fingerprint density at radius 1 is 1.39 bits per heavy atom. The summed E-state index contributed by atoms with van der Waals surface area (Å²) < 4.78 is 1.76. The van der Waals surface area contributed by atoms with Crippen LogP contribution < -0.4 is 5.73 Å². The molecule has 1 aromatic rings. The van der Waals surface area contributed by atoms with Crippen LogP contribution in [0.4, 0.5) is 5.69 Å². The quantitative estimate of drug-likeness (QED) is 0.817.